The van der Waals surface area contributed by atoms with Crippen LogP contribution in [0.4, 0.5) is 0 Å². The van der Waals surface area contributed by atoms with Crippen LogP contribution in [-0.2, 0) is 4.74 Å². The highest BCUT2D eigenvalue weighted by Crippen LogP contribution is 2.28. The number of nitrogens with one attached hydrogen (secondary N) is 1. The second-order valence-electron chi connectivity index (χ2n) is 5.55. The average Bonchev–Trinajstić information content (AvgIpc) is 2.67. The molecular formula is C13H27NO. The summed E-state index contributed by atoms with van der Waals surface area (Å²) in [6, 6.07) is 0. The van der Waals surface area contributed by atoms with Crippen LogP contribution in [0.15, 0.2) is 0 Å². The van der Waals surface area contributed by atoms with Crippen LogP contribution in [0.3, 0.4) is 0 Å². The van der Waals surface area contributed by atoms with E-state index in [0.717, 1.165) is 13.2 Å². The number of ether oxygens (including phenoxy) is 1. The first-order valence-corrected chi connectivity index (χ1v) is 6.40. The van der Waals surface area contributed by atoms with E-state index in [9.17, 15) is 0 Å². The van der Waals surface area contributed by atoms with E-state index in [2.05, 4.69) is 19.2 Å². The van der Waals surface area contributed by atoms with Crippen molar-refractivity contribution in [1.29, 1.82) is 0 Å². The van der Waals surface area contributed by atoms with E-state index in [1.807, 2.05) is 7.05 Å². The second-order valence-corrected chi connectivity index (χ2v) is 5.55. The molecular weight excluding hydrogens is 186 g/mol. The van der Waals surface area contributed by atoms with Crippen LogP contribution >= 0.6 is 0 Å². The van der Waals surface area contributed by atoms with E-state index >= 15 is 0 Å². The summed E-state index contributed by atoms with van der Waals surface area (Å²) in [6.45, 7) is 6.88. The molecule has 1 saturated heterocycles. The molecule has 15 heavy (non-hydrogen) atoms. The Morgan fingerprint density at radius 2 is 2.13 bits per heavy atom. The quantitative estimate of drug-likeness (QED) is 0.702. The van der Waals surface area contributed by atoms with Crippen molar-refractivity contribution in [2.45, 2.75) is 58.5 Å². The Balaban J connectivity index is 2.06. The molecule has 1 N–H and O–H groups in total. The zero-order chi connectivity index (χ0) is 11.1. The summed E-state index contributed by atoms with van der Waals surface area (Å²) in [5.41, 5.74) is 0.488. The van der Waals surface area contributed by atoms with Crippen molar-refractivity contribution in [1.82, 2.24) is 5.32 Å². The Hall–Kier alpha value is -0.0800. The molecule has 0 bridgehead atoms. The molecule has 0 amide bonds. The number of hydrogen-bond acceptors (Lipinski definition) is 2. The summed E-state index contributed by atoms with van der Waals surface area (Å²) in [5, 5.41) is 3.23. The summed E-state index contributed by atoms with van der Waals surface area (Å²) in [6.07, 6.45) is 8.32. The average molecular weight is 213 g/mol. The summed E-state index contributed by atoms with van der Waals surface area (Å²) < 4.78 is 5.64. The SMILES string of the molecule is CNCCC(C)(C)CCCC1CCCO1. The maximum Gasteiger partial charge on any atom is 0.0576 e. The van der Waals surface area contributed by atoms with Gasteiger partial charge in [0.1, 0.15) is 0 Å². The van der Waals surface area contributed by atoms with Crippen LogP contribution in [0, 0.1) is 5.41 Å². The lowest BCUT2D eigenvalue weighted by atomic mass is 9.83. The van der Waals surface area contributed by atoms with Gasteiger partial charge in [0.15, 0.2) is 0 Å². The fourth-order valence-electron chi connectivity index (χ4n) is 2.27. The molecule has 0 spiro atoms. The first-order chi connectivity index (χ1) is 7.14. The van der Waals surface area contributed by atoms with Crippen molar-refractivity contribution in [2.75, 3.05) is 20.2 Å². The zero-order valence-corrected chi connectivity index (χ0v) is 10.6. The molecule has 0 aromatic carbocycles. The third-order valence-electron chi connectivity index (χ3n) is 3.46. The van der Waals surface area contributed by atoms with Crippen LogP contribution < -0.4 is 5.32 Å². The van der Waals surface area contributed by atoms with Gasteiger partial charge in [-0.15, -0.1) is 0 Å². The number of hydrogen-bond donors (Lipinski definition) is 1. The van der Waals surface area contributed by atoms with E-state index in [4.69, 9.17) is 4.74 Å². The monoisotopic (exact) mass is 213 g/mol. The third kappa shape index (κ3) is 5.53. The molecule has 0 aromatic heterocycles. The minimum atomic E-state index is 0.488. The summed E-state index contributed by atoms with van der Waals surface area (Å²) in [7, 11) is 2.03. The molecule has 1 atom stereocenters. The molecule has 1 aliphatic heterocycles. The van der Waals surface area contributed by atoms with E-state index < -0.39 is 0 Å². The van der Waals surface area contributed by atoms with Crippen molar-refractivity contribution in [3.05, 3.63) is 0 Å². The van der Waals surface area contributed by atoms with Crippen molar-refractivity contribution in [3.63, 3.8) is 0 Å². The third-order valence-corrected chi connectivity index (χ3v) is 3.46. The Kier molecular flexibility index (Phi) is 5.62. The maximum atomic E-state index is 5.64. The van der Waals surface area contributed by atoms with E-state index in [-0.39, 0.29) is 0 Å². The van der Waals surface area contributed by atoms with Crippen LogP contribution in [0.1, 0.15) is 52.4 Å². The number of rotatable bonds is 7. The molecule has 1 rings (SSSR count). The highest BCUT2D eigenvalue weighted by Gasteiger charge is 2.19. The molecule has 1 fully saturated rings. The van der Waals surface area contributed by atoms with Gasteiger partial charge in [-0.05, 0) is 51.1 Å². The molecule has 0 radical (unpaired) electrons. The van der Waals surface area contributed by atoms with Gasteiger partial charge in [-0.2, -0.15) is 0 Å². The van der Waals surface area contributed by atoms with Gasteiger partial charge in [-0.25, -0.2) is 0 Å². The van der Waals surface area contributed by atoms with Gasteiger partial charge >= 0.3 is 0 Å². The standard InChI is InChI=1S/C13H27NO/c1-13(2,9-10-14-3)8-4-6-12-7-5-11-15-12/h12,14H,4-11H2,1-3H3. The lowest BCUT2D eigenvalue weighted by Crippen LogP contribution is -2.20. The lowest BCUT2D eigenvalue weighted by molar-refractivity contribution is 0.0983. The van der Waals surface area contributed by atoms with E-state index in [1.54, 1.807) is 0 Å². The largest absolute Gasteiger partial charge is 0.378 e. The van der Waals surface area contributed by atoms with Gasteiger partial charge < -0.3 is 10.1 Å². The second kappa shape index (κ2) is 6.49. The van der Waals surface area contributed by atoms with Crippen molar-refractivity contribution >= 4 is 0 Å². The molecule has 1 unspecified atom stereocenters. The van der Waals surface area contributed by atoms with Gasteiger partial charge in [0.25, 0.3) is 0 Å². The molecule has 2 nitrogen and oxygen atoms in total. The molecule has 2 heteroatoms. The minimum Gasteiger partial charge on any atom is -0.378 e. The van der Waals surface area contributed by atoms with Gasteiger partial charge in [-0.3, -0.25) is 0 Å². The predicted octanol–water partition coefficient (Wildman–Crippen LogP) is 2.97. The van der Waals surface area contributed by atoms with Crippen LogP contribution in [0.5, 0.6) is 0 Å². The molecule has 0 aliphatic carbocycles. The molecule has 0 aromatic rings. The van der Waals surface area contributed by atoms with Crippen molar-refractivity contribution in [3.8, 4) is 0 Å². The predicted molar refractivity (Wildman–Crippen MR) is 65.1 cm³/mol. The Labute approximate surface area is 94.8 Å². The molecule has 1 heterocycles. The molecule has 90 valence electrons. The normalized spacial score (nSPS) is 22.2. The van der Waals surface area contributed by atoms with E-state index in [1.165, 1.54) is 38.5 Å². The Bertz CT molecular complexity index is 162. The van der Waals surface area contributed by atoms with Gasteiger partial charge in [0.05, 0.1) is 6.10 Å². The highest BCUT2D eigenvalue weighted by atomic mass is 16.5. The van der Waals surface area contributed by atoms with Gasteiger partial charge in [-0.1, -0.05) is 20.3 Å². The Morgan fingerprint density at radius 3 is 2.73 bits per heavy atom. The van der Waals surface area contributed by atoms with Gasteiger partial charge in [0.2, 0.25) is 0 Å². The first kappa shape index (κ1) is 13.0. The minimum absolute atomic E-state index is 0.488. The lowest BCUT2D eigenvalue weighted by Gasteiger charge is -2.25. The fourth-order valence-corrected chi connectivity index (χ4v) is 2.27. The zero-order valence-electron chi connectivity index (χ0n) is 10.6. The smallest absolute Gasteiger partial charge is 0.0576 e. The van der Waals surface area contributed by atoms with Gasteiger partial charge in [0, 0.05) is 6.61 Å². The van der Waals surface area contributed by atoms with E-state index in [0.29, 0.717) is 11.5 Å². The van der Waals surface area contributed by atoms with Crippen LogP contribution in [-0.4, -0.2) is 26.3 Å². The van der Waals surface area contributed by atoms with Crippen LogP contribution in [0.25, 0.3) is 0 Å². The van der Waals surface area contributed by atoms with Crippen molar-refractivity contribution in [2.24, 2.45) is 5.41 Å². The topological polar surface area (TPSA) is 21.3 Å². The molecule has 0 saturated carbocycles. The first-order valence-electron chi connectivity index (χ1n) is 6.40. The Morgan fingerprint density at radius 1 is 1.33 bits per heavy atom. The van der Waals surface area contributed by atoms with Crippen molar-refractivity contribution < 1.29 is 4.74 Å². The maximum absolute atomic E-state index is 5.64. The fraction of sp³-hybridized carbons (Fsp3) is 1.00. The summed E-state index contributed by atoms with van der Waals surface area (Å²) >= 11 is 0. The summed E-state index contributed by atoms with van der Waals surface area (Å²) in [5.74, 6) is 0. The molecule has 1 aliphatic rings. The summed E-state index contributed by atoms with van der Waals surface area (Å²) in [4.78, 5) is 0. The highest BCUT2D eigenvalue weighted by molar-refractivity contribution is 4.72. The van der Waals surface area contributed by atoms with Crippen LogP contribution in [0.2, 0.25) is 0 Å².